The van der Waals surface area contributed by atoms with Crippen LogP contribution >= 0.6 is 0 Å². The van der Waals surface area contributed by atoms with Crippen molar-refractivity contribution < 1.29 is 75.4 Å². The van der Waals surface area contributed by atoms with E-state index in [0.29, 0.717) is 14.3 Å². The van der Waals surface area contributed by atoms with Crippen LogP contribution < -0.4 is 24.8 Å². The van der Waals surface area contributed by atoms with Gasteiger partial charge < -0.3 is 24.8 Å². The maximum atomic E-state index is 12.5. The molecule has 0 saturated heterocycles. The van der Waals surface area contributed by atoms with E-state index in [9.17, 15) is 26.3 Å². The minimum Gasteiger partial charge on any atom is -1.00 e. The monoisotopic (exact) mass is 852 g/mol. The molecule has 8 rings (SSSR count). The molecular weight excluding hydrogens is 817 g/mol. The minimum atomic E-state index is -4.41. The number of hydrogen-bond acceptors (Lipinski definition) is 0. The maximum Gasteiger partial charge on any atom is -0.109 e. The fourth-order valence-corrected chi connectivity index (χ4v) is 8.20. The third-order valence-electron chi connectivity index (χ3n) is 9.96. The Hall–Kier alpha value is -3.38. The number of fused-ring (bicyclic) bond motifs is 5. The Morgan fingerprint density at radius 3 is 1.33 bits per heavy atom. The molecule has 0 aromatic heterocycles. The Kier molecular flexibility index (Phi) is 12.8. The van der Waals surface area contributed by atoms with Crippen molar-refractivity contribution in [2.75, 3.05) is 0 Å². The predicted octanol–water partition coefficient (Wildman–Crippen LogP) is 7.25. The van der Waals surface area contributed by atoms with E-state index in [1.54, 1.807) is 0 Å². The van der Waals surface area contributed by atoms with E-state index < -0.39 is 23.5 Å². The smallest absolute Gasteiger partial charge is 0.109 e. The summed E-state index contributed by atoms with van der Waals surface area (Å²) in [5, 5.41) is 5.57. The van der Waals surface area contributed by atoms with Crippen molar-refractivity contribution in [1.82, 2.24) is 0 Å². The largest absolute Gasteiger partial charge is 1.00 e. The standard InChI is InChI=1S/C25H25.C15H8F6.C5H5.2ClH.Zr/c1-14-12-24(3,4)22-8-16-7-17-9-23-19(15(2)13-25(23,5)6)11-21(17)20(16)10-18(14)22;16-14(17,18)12-5-1-10(2-6-12)9-11-3-7-13(8-4-11)15(19,20)21;1-2-4-5-3-1;;;/h7-13H,1-6H3;1-8H;1-3H,4H2;2*1H;/q-1;;-1;;;+2/p-2. The second-order valence-electron chi connectivity index (χ2n) is 14.7. The van der Waals surface area contributed by atoms with Crippen molar-refractivity contribution in [3.05, 3.63) is 160 Å². The van der Waals surface area contributed by atoms with E-state index in [2.05, 4.69) is 96.2 Å². The van der Waals surface area contributed by atoms with Crippen LogP contribution in [0.1, 0.15) is 92.5 Å². The number of rotatable bonds is 2. The molecule has 280 valence electrons. The molecule has 0 saturated carbocycles. The van der Waals surface area contributed by atoms with Gasteiger partial charge in [0, 0.05) is 10.8 Å². The van der Waals surface area contributed by atoms with Crippen LogP contribution in [0.5, 0.6) is 0 Å². The molecule has 9 heteroatoms. The Balaban J connectivity index is 0.000000208. The molecule has 0 unspecified atom stereocenters. The van der Waals surface area contributed by atoms with Gasteiger partial charge in [-0.2, -0.15) is 6.08 Å². The van der Waals surface area contributed by atoms with Gasteiger partial charge in [-0.25, -0.2) is 12.2 Å². The summed E-state index contributed by atoms with van der Waals surface area (Å²) >= 11 is 0.898. The third kappa shape index (κ3) is 8.85. The average molecular weight is 855 g/mol. The number of allylic oxidation sites excluding steroid dienone is 8. The topological polar surface area (TPSA) is 0 Å². The fraction of sp³-hybridized carbons (Fsp3) is 0.244. The summed E-state index contributed by atoms with van der Waals surface area (Å²) in [6.07, 6.45) is 6.00. The van der Waals surface area contributed by atoms with Gasteiger partial charge in [0.05, 0.1) is 0 Å². The molecule has 0 radical (unpaired) electrons. The molecule has 0 amide bonds. The van der Waals surface area contributed by atoms with Crippen LogP contribution in [0.25, 0.3) is 32.7 Å². The molecule has 0 atom stereocenters. The first-order chi connectivity index (χ1) is 24.3. The zero-order valence-corrected chi connectivity index (χ0v) is 34.6. The Bertz CT molecular complexity index is 2150. The van der Waals surface area contributed by atoms with E-state index >= 15 is 0 Å². The van der Waals surface area contributed by atoms with Crippen LogP contribution in [0, 0.1) is 6.08 Å². The molecule has 0 nitrogen and oxygen atoms in total. The summed E-state index contributed by atoms with van der Waals surface area (Å²) in [6.45, 7) is 13.8. The quantitative estimate of drug-likeness (QED) is 0.130. The minimum absolute atomic E-state index is 0. The first kappa shape index (κ1) is 43.4. The zero-order valence-electron chi connectivity index (χ0n) is 30.6. The van der Waals surface area contributed by atoms with E-state index in [1.165, 1.54) is 79.2 Å². The van der Waals surface area contributed by atoms with E-state index in [-0.39, 0.29) is 35.6 Å². The van der Waals surface area contributed by atoms with Crippen LogP contribution in [-0.2, 0) is 47.4 Å². The van der Waals surface area contributed by atoms with Crippen LogP contribution in [0.3, 0.4) is 0 Å². The van der Waals surface area contributed by atoms with Gasteiger partial charge in [-0.3, -0.25) is 6.08 Å². The summed E-state index contributed by atoms with van der Waals surface area (Å²) in [5.41, 5.74) is 8.51. The summed E-state index contributed by atoms with van der Waals surface area (Å²) < 4.78 is 75.6. The molecule has 54 heavy (non-hydrogen) atoms. The van der Waals surface area contributed by atoms with E-state index in [0.717, 1.165) is 54.9 Å². The maximum absolute atomic E-state index is 12.5. The molecular formula is C45H38Cl2F6Zr-2. The molecule has 0 aliphatic heterocycles. The van der Waals surface area contributed by atoms with Crippen molar-refractivity contribution in [2.24, 2.45) is 0 Å². The summed E-state index contributed by atoms with van der Waals surface area (Å²) in [4.78, 5) is 0. The molecule has 0 bridgehead atoms. The van der Waals surface area contributed by atoms with Crippen LogP contribution in [0.15, 0.2) is 109 Å². The predicted molar refractivity (Wildman–Crippen MR) is 198 cm³/mol. The van der Waals surface area contributed by atoms with Gasteiger partial charge in [-0.1, -0.05) is 63.1 Å². The van der Waals surface area contributed by atoms with Crippen molar-refractivity contribution in [3.8, 4) is 0 Å². The molecule has 3 aliphatic carbocycles. The van der Waals surface area contributed by atoms with Crippen LogP contribution in [0.4, 0.5) is 26.3 Å². The second-order valence-corrected chi connectivity index (χ2v) is 16.0. The molecule has 3 aliphatic rings. The Morgan fingerprint density at radius 2 is 1.04 bits per heavy atom. The van der Waals surface area contributed by atoms with Crippen molar-refractivity contribution in [3.63, 3.8) is 0 Å². The normalized spacial score (nSPS) is 15.9. The second kappa shape index (κ2) is 16.0. The molecule has 0 spiro atoms. The van der Waals surface area contributed by atoms with Crippen molar-refractivity contribution >= 4 is 35.9 Å². The molecule has 5 aromatic rings. The number of alkyl halides is 6. The Labute approximate surface area is 340 Å². The molecule has 0 fully saturated rings. The van der Waals surface area contributed by atoms with Gasteiger partial charge in [0.25, 0.3) is 0 Å². The average Bonchev–Trinajstić information content (AvgIpc) is 3.85. The molecule has 0 heterocycles. The van der Waals surface area contributed by atoms with Crippen LogP contribution in [0.2, 0.25) is 0 Å². The van der Waals surface area contributed by atoms with Gasteiger partial charge >= 0.3 is 137 Å². The first-order valence-corrected chi connectivity index (χ1v) is 18.3. The van der Waals surface area contributed by atoms with Gasteiger partial charge in [0.15, 0.2) is 0 Å². The molecule has 0 N–H and O–H groups in total. The number of halogens is 8. The summed E-state index contributed by atoms with van der Waals surface area (Å²) in [6, 6.07) is 21.2. The van der Waals surface area contributed by atoms with Gasteiger partial charge in [-0.05, 0) is 36.1 Å². The third-order valence-corrected chi connectivity index (χ3v) is 11.4. The summed E-state index contributed by atoms with van der Waals surface area (Å²) in [5.74, 6) is 0. The zero-order chi connectivity index (χ0) is 37.8. The van der Waals surface area contributed by atoms with Gasteiger partial charge in [0.2, 0.25) is 0 Å². The first-order valence-electron chi connectivity index (χ1n) is 17.0. The van der Waals surface area contributed by atoms with Gasteiger partial charge in [-0.15, -0.1) is 46.2 Å². The number of hydrogen-bond donors (Lipinski definition) is 0. The van der Waals surface area contributed by atoms with Crippen LogP contribution in [-0.4, -0.2) is 3.21 Å². The van der Waals surface area contributed by atoms with Crippen molar-refractivity contribution in [2.45, 2.75) is 71.1 Å². The SMILES string of the molecule is CC1=CC(C)(C)c2cc3[cH-]c4cc5c(cc4c3cc21)C(C)=CC5(C)C.FC(F)(F)c1ccc([C](=[Zr+2])c2ccc(C(F)(F)F)cc2)cc1.[C-]1=CC=CC1.[Cl-].[Cl-]. The van der Waals surface area contributed by atoms with E-state index in [4.69, 9.17) is 0 Å². The van der Waals surface area contributed by atoms with Gasteiger partial charge in [0.1, 0.15) is 0 Å². The molecule has 5 aromatic carbocycles. The Morgan fingerprint density at radius 1 is 0.648 bits per heavy atom. The number of benzene rings is 4. The summed E-state index contributed by atoms with van der Waals surface area (Å²) in [7, 11) is 0. The van der Waals surface area contributed by atoms with Crippen molar-refractivity contribution in [1.29, 1.82) is 0 Å². The fourth-order valence-electron chi connectivity index (χ4n) is 7.38. The van der Waals surface area contributed by atoms with E-state index in [1.807, 2.05) is 12.2 Å².